The van der Waals surface area contributed by atoms with Crippen LogP contribution in [-0.4, -0.2) is 29.3 Å². The fourth-order valence-electron chi connectivity index (χ4n) is 3.14. The molecule has 1 saturated heterocycles. The first-order valence-corrected chi connectivity index (χ1v) is 8.38. The fraction of sp³-hybridized carbons (Fsp3) is 0.611. The molecule has 2 nitrogen and oxygen atoms in total. The van der Waals surface area contributed by atoms with E-state index in [1.54, 1.807) is 0 Å². The number of hydrogen-bond donors (Lipinski definition) is 0. The highest BCUT2D eigenvalue weighted by Gasteiger charge is 2.37. The van der Waals surface area contributed by atoms with Crippen molar-refractivity contribution < 1.29 is 4.79 Å². The summed E-state index contributed by atoms with van der Waals surface area (Å²) >= 11 is 6.29. The summed E-state index contributed by atoms with van der Waals surface area (Å²) in [6.45, 7) is 8.31. The molecule has 1 aromatic rings. The van der Waals surface area contributed by atoms with Crippen molar-refractivity contribution in [2.45, 2.75) is 58.4 Å². The maximum atomic E-state index is 12.9. The quantitative estimate of drug-likeness (QED) is 0.803. The number of benzene rings is 1. The molecule has 1 fully saturated rings. The van der Waals surface area contributed by atoms with Crippen LogP contribution >= 0.6 is 11.6 Å². The smallest absolute Gasteiger partial charge is 0.157 e. The lowest BCUT2D eigenvalue weighted by Crippen LogP contribution is -2.54. The van der Waals surface area contributed by atoms with E-state index in [0.29, 0.717) is 11.4 Å². The van der Waals surface area contributed by atoms with Crippen molar-refractivity contribution in [3.05, 3.63) is 34.3 Å². The minimum atomic E-state index is -0.353. The Kier molecular flexibility index (Phi) is 5.45. The van der Waals surface area contributed by atoms with Crippen LogP contribution in [-0.2, 0) is 11.2 Å². The van der Waals surface area contributed by atoms with Gasteiger partial charge < -0.3 is 0 Å². The van der Waals surface area contributed by atoms with Crippen LogP contribution in [0.5, 0.6) is 0 Å². The number of nitrogens with zero attached hydrogens (tertiary/aromatic N) is 1. The lowest BCUT2D eigenvalue weighted by molar-refractivity contribution is -0.130. The van der Waals surface area contributed by atoms with Gasteiger partial charge >= 0.3 is 0 Å². The van der Waals surface area contributed by atoms with Gasteiger partial charge in [0, 0.05) is 11.4 Å². The van der Waals surface area contributed by atoms with Crippen LogP contribution in [0.1, 0.15) is 50.7 Å². The first-order chi connectivity index (χ1) is 9.97. The molecule has 0 aromatic heterocycles. The normalized spacial score (nSPS) is 19.2. The van der Waals surface area contributed by atoms with Crippen LogP contribution < -0.4 is 0 Å². The second kappa shape index (κ2) is 6.93. The van der Waals surface area contributed by atoms with Gasteiger partial charge in [-0.25, -0.2) is 0 Å². The van der Waals surface area contributed by atoms with E-state index in [4.69, 9.17) is 11.6 Å². The summed E-state index contributed by atoms with van der Waals surface area (Å²) in [6.07, 6.45) is 4.98. The number of Topliss-reactive ketones (excluding diaryl/α,β-unsaturated/α-hetero) is 1. The predicted octanol–water partition coefficient (Wildman–Crippen LogP) is 4.41. The van der Waals surface area contributed by atoms with Gasteiger partial charge in [-0.15, -0.1) is 0 Å². The molecular weight excluding hydrogens is 282 g/mol. The number of hydrogen-bond acceptors (Lipinski definition) is 2. The molecule has 21 heavy (non-hydrogen) atoms. The average molecular weight is 308 g/mol. The third kappa shape index (κ3) is 3.67. The first kappa shape index (κ1) is 16.5. The Balaban J connectivity index is 2.15. The first-order valence-electron chi connectivity index (χ1n) is 8.00. The second-order valence-electron chi connectivity index (χ2n) is 6.37. The van der Waals surface area contributed by atoms with Gasteiger partial charge in [-0.1, -0.05) is 37.1 Å². The van der Waals surface area contributed by atoms with Crippen LogP contribution in [0.25, 0.3) is 0 Å². The van der Waals surface area contributed by atoms with E-state index in [-0.39, 0.29) is 11.3 Å². The number of carbonyl (C=O) groups is 1. The van der Waals surface area contributed by atoms with Crippen molar-refractivity contribution in [3.8, 4) is 0 Å². The molecule has 0 bridgehead atoms. The van der Waals surface area contributed by atoms with Gasteiger partial charge in [-0.3, -0.25) is 9.69 Å². The Morgan fingerprint density at radius 3 is 2.52 bits per heavy atom. The van der Waals surface area contributed by atoms with Gasteiger partial charge in [0.1, 0.15) is 0 Å². The number of rotatable bonds is 5. The molecule has 0 N–H and O–H groups in total. The molecule has 2 rings (SSSR count). The minimum absolute atomic E-state index is 0.289. The summed E-state index contributed by atoms with van der Waals surface area (Å²) in [6, 6.07) is 5.95. The van der Waals surface area contributed by atoms with Crippen LogP contribution in [0.2, 0.25) is 5.02 Å². The highest BCUT2D eigenvalue weighted by Crippen LogP contribution is 2.28. The van der Waals surface area contributed by atoms with E-state index in [2.05, 4.69) is 18.7 Å². The zero-order valence-corrected chi connectivity index (χ0v) is 14.2. The number of carbonyl (C=O) groups excluding carboxylic acids is 1. The predicted molar refractivity (Wildman–Crippen MR) is 89.0 cm³/mol. The molecule has 116 valence electrons. The Hall–Kier alpha value is -0.860. The number of halogens is 1. The lowest BCUT2D eigenvalue weighted by Gasteiger charge is -2.42. The van der Waals surface area contributed by atoms with E-state index in [0.717, 1.165) is 30.6 Å². The van der Waals surface area contributed by atoms with Crippen molar-refractivity contribution in [3.63, 3.8) is 0 Å². The highest BCUT2D eigenvalue weighted by molar-refractivity contribution is 6.31. The van der Waals surface area contributed by atoms with Gasteiger partial charge in [0.2, 0.25) is 0 Å². The van der Waals surface area contributed by atoms with E-state index in [1.807, 2.05) is 25.1 Å². The van der Waals surface area contributed by atoms with Gasteiger partial charge in [-0.05, 0) is 63.4 Å². The molecule has 0 radical (unpaired) electrons. The van der Waals surface area contributed by atoms with Crippen LogP contribution in [0, 0.1) is 6.92 Å². The van der Waals surface area contributed by atoms with Crippen LogP contribution in [0.3, 0.4) is 0 Å². The molecule has 0 saturated carbocycles. The second-order valence-corrected chi connectivity index (χ2v) is 6.78. The molecule has 1 aliphatic heterocycles. The van der Waals surface area contributed by atoms with E-state index < -0.39 is 0 Å². The van der Waals surface area contributed by atoms with Crippen molar-refractivity contribution >= 4 is 17.4 Å². The third-order valence-corrected chi connectivity index (χ3v) is 5.25. The molecule has 0 aliphatic carbocycles. The van der Waals surface area contributed by atoms with Crippen molar-refractivity contribution in [2.24, 2.45) is 0 Å². The summed E-state index contributed by atoms with van der Waals surface area (Å²) in [4.78, 5) is 15.3. The number of likely N-dealkylation sites (tertiary alicyclic amines) is 1. The van der Waals surface area contributed by atoms with E-state index in [1.165, 1.54) is 19.3 Å². The molecule has 0 spiro atoms. The summed E-state index contributed by atoms with van der Waals surface area (Å²) in [5, 5.41) is 0.709. The monoisotopic (exact) mass is 307 g/mol. The number of aryl methyl sites for hydroxylation is 1. The Bertz CT molecular complexity index is 508. The lowest BCUT2D eigenvalue weighted by atomic mass is 9.85. The van der Waals surface area contributed by atoms with E-state index in [9.17, 15) is 4.79 Å². The molecule has 1 aromatic carbocycles. The zero-order valence-electron chi connectivity index (χ0n) is 13.4. The standard InChI is InChI=1S/C18H26ClNO/c1-4-18(3,20-10-6-5-7-11-20)17(21)13-15-9-8-14(2)12-16(15)19/h8-9,12H,4-7,10-11,13H2,1-3H3. The Labute approximate surface area is 133 Å². The molecule has 1 heterocycles. The molecule has 1 aliphatic rings. The summed E-state index contributed by atoms with van der Waals surface area (Å²) < 4.78 is 0. The molecule has 0 amide bonds. The molecule has 3 heteroatoms. The minimum Gasteiger partial charge on any atom is -0.297 e. The van der Waals surface area contributed by atoms with Crippen molar-refractivity contribution in [1.82, 2.24) is 4.90 Å². The maximum absolute atomic E-state index is 12.9. The third-order valence-electron chi connectivity index (χ3n) is 4.90. The topological polar surface area (TPSA) is 20.3 Å². The van der Waals surface area contributed by atoms with Crippen LogP contribution in [0.4, 0.5) is 0 Å². The van der Waals surface area contributed by atoms with Gasteiger partial charge in [0.25, 0.3) is 0 Å². The van der Waals surface area contributed by atoms with Gasteiger partial charge in [-0.2, -0.15) is 0 Å². The SMILES string of the molecule is CCC(C)(C(=O)Cc1ccc(C)cc1Cl)N1CCCCC1. The van der Waals surface area contributed by atoms with Crippen molar-refractivity contribution in [1.29, 1.82) is 0 Å². The maximum Gasteiger partial charge on any atom is 0.157 e. The molecular formula is C18H26ClNO. The van der Waals surface area contributed by atoms with Gasteiger partial charge in [0.15, 0.2) is 5.78 Å². The average Bonchev–Trinajstić information content (AvgIpc) is 2.50. The van der Waals surface area contributed by atoms with Gasteiger partial charge in [0.05, 0.1) is 5.54 Å². The summed E-state index contributed by atoms with van der Waals surface area (Å²) in [5.41, 5.74) is 1.73. The Morgan fingerprint density at radius 2 is 1.95 bits per heavy atom. The van der Waals surface area contributed by atoms with E-state index >= 15 is 0 Å². The van der Waals surface area contributed by atoms with Crippen LogP contribution in [0.15, 0.2) is 18.2 Å². The number of piperidine rings is 1. The highest BCUT2D eigenvalue weighted by atomic mass is 35.5. The molecule has 1 atom stereocenters. The Morgan fingerprint density at radius 1 is 1.29 bits per heavy atom. The largest absolute Gasteiger partial charge is 0.297 e. The fourth-order valence-corrected chi connectivity index (χ4v) is 3.45. The van der Waals surface area contributed by atoms with Crippen molar-refractivity contribution in [2.75, 3.05) is 13.1 Å². The zero-order chi connectivity index (χ0) is 15.5. The molecule has 1 unspecified atom stereocenters. The summed E-state index contributed by atoms with van der Waals surface area (Å²) in [7, 11) is 0. The number of ketones is 1. The summed E-state index contributed by atoms with van der Waals surface area (Å²) in [5.74, 6) is 0.289.